The van der Waals surface area contributed by atoms with Gasteiger partial charge in [-0.3, -0.25) is 19.7 Å². The molecule has 0 aromatic heterocycles. The molecule has 0 fully saturated rings. The van der Waals surface area contributed by atoms with Crippen LogP contribution < -0.4 is 5.32 Å². The lowest BCUT2D eigenvalue weighted by Gasteiger charge is -2.16. The van der Waals surface area contributed by atoms with E-state index in [0.717, 1.165) is 11.0 Å². The summed E-state index contributed by atoms with van der Waals surface area (Å²) in [4.78, 5) is 34.0. The lowest BCUT2D eigenvalue weighted by atomic mass is 10.1. The zero-order valence-corrected chi connectivity index (χ0v) is 10.4. The summed E-state index contributed by atoms with van der Waals surface area (Å²) in [6.45, 7) is -0.211. The molecular weight excluding hydrogens is 254 g/mol. The van der Waals surface area contributed by atoms with Crippen LogP contribution in [0.2, 0.25) is 0 Å². The van der Waals surface area contributed by atoms with E-state index < -0.39 is 22.3 Å². The van der Waals surface area contributed by atoms with Crippen LogP contribution in [0.1, 0.15) is 10.4 Å². The van der Waals surface area contributed by atoms with E-state index in [9.17, 15) is 24.8 Å². The van der Waals surface area contributed by atoms with Crippen LogP contribution in [0.15, 0.2) is 18.2 Å². The highest BCUT2D eigenvalue weighted by atomic mass is 16.6. The second-order valence-corrected chi connectivity index (χ2v) is 3.76. The van der Waals surface area contributed by atoms with Gasteiger partial charge >= 0.3 is 5.69 Å². The molecule has 2 N–H and O–H groups in total. The van der Waals surface area contributed by atoms with Crippen molar-refractivity contribution in [3.63, 3.8) is 0 Å². The molecule has 0 saturated heterocycles. The first-order valence-electron chi connectivity index (χ1n) is 5.31. The third-order valence-corrected chi connectivity index (χ3v) is 2.45. The van der Waals surface area contributed by atoms with Crippen molar-refractivity contribution in [3.8, 4) is 5.75 Å². The predicted molar refractivity (Wildman–Crippen MR) is 65.8 cm³/mol. The van der Waals surface area contributed by atoms with Gasteiger partial charge in [-0.15, -0.1) is 0 Å². The van der Waals surface area contributed by atoms with E-state index >= 15 is 0 Å². The van der Waals surface area contributed by atoms with E-state index in [1.807, 2.05) is 0 Å². The van der Waals surface area contributed by atoms with Crippen molar-refractivity contribution in [3.05, 3.63) is 33.9 Å². The van der Waals surface area contributed by atoms with Gasteiger partial charge in [0, 0.05) is 20.2 Å². The van der Waals surface area contributed by atoms with Crippen molar-refractivity contribution in [2.75, 3.05) is 20.6 Å². The van der Waals surface area contributed by atoms with Crippen LogP contribution in [0, 0.1) is 10.1 Å². The average molecular weight is 267 g/mol. The molecule has 2 amide bonds. The Hall–Kier alpha value is -2.64. The van der Waals surface area contributed by atoms with Crippen molar-refractivity contribution in [1.29, 1.82) is 0 Å². The summed E-state index contributed by atoms with van der Waals surface area (Å²) in [5.74, 6) is -1.77. The van der Waals surface area contributed by atoms with Gasteiger partial charge in [-0.25, -0.2) is 0 Å². The number of nitrogens with zero attached hydrogens (tertiary/aromatic N) is 2. The average Bonchev–Trinajstić information content (AvgIpc) is 2.37. The number of likely N-dealkylation sites (N-methyl/N-ethyl adjacent to an activating group) is 2. The number of para-hydroxylation sites is 1. The molecule has 0 heterocycles. The maximum atomic E-state index is 12.0. The minimum atomic E-state index is -0.787. The molecule has 19 heavy (non-hydrogen) atoms. The molecule has 0 spiro atoms. The highest BCUT2D eigenvalue weighted by molar-refractivity contribution is 5.99. The number of benzene rings is 1. The number of amides is 2. The van der Waals surface area contributed by atoms with Crippen LogP contribution in [0.4, 0.5) is 5.69 Å². The predicted octanol–water partition coefficient (Wildman–Crippen LogP) is 0.118. The molecule has 1 aromatic rings. The maximum absolute atomic E-state index is 12.0. The number of aromatic hydroxyl groups is 1. The molecule has 0 aliphatic heterocycles. The zero-order valence-electron chi connectivity index (χ0n) is 10.4. The van der Waals surface area contributed by atoms with Crippen LogP contribution in [-0.4, -0.2) is 47.4 Å². The van der Waals surface area contributed by atoms with Crippen molar-refractivity contribution in [2.45, 2.75) is 0 Å². The summed E-state index contributed by atoms with van der Waals surface area (Å²) in [7, 11) is 2.78. The molecule has 1 rings (SSSR count). The fourth-order valence-corrected chi connectivity index (χ4v) is 1.42. The molecule has 0 atom stereocenters. The van der Waals surface area contributed by atoms with Crippen molar-refractivity contribution in [2.24, 2.45) is 0 Å². The normalized spacial score (nSPS) is 9.79. The number of phenols is 1. The van der Waals surface area contributed by atoms with Gasteiger partial charge in [0.25, 0.3) is 5.91 Å². The van der Waals surface area contributed by atoms with Crippen LogP contribution in [-0.2, 0) is 4.79 Å². The van der Waals surface area contributed by atoms with Gasteiger partial charge in [-0.1, -0.05) is 6.07 Å². The van der Waals surface area contributed by atoms with Crippen LogP contribution in [0.25, 0.3) is 0 Å². The molecule has 1 aromatic carbocycles. The Labute approximate surface area is 108 Å². The Morgan fingerprint density at radius 1 is 1.47 bits per heavy atom. The molecule has 0 saturated carbocycles. The third-order valence-electron chi connectivity index (χ3n) is 2.45. The number of carbonyl (C=O) groups is 2. The summed E-state index contributed by atoms with van der Waals surface area (Å²) in [6, 6.07) is 3.63. The molecule has 8 nitrogen and oxygen atoms in total. The molecule has 8 heteroatoms. The second-order valence-electron chi connectivity index (χ2n) is 3.76. The summed E-state index contributed by atoms with van der Waals surface area (Å²) in [6.07, 6.45) is 0. The van der Waals surface area contributed by atoms with Gasteiger partial charge in [0.2, 0.25) is 11.7 Å². The van der Waals surface area contributed by atoms with Crippen LogP contribution in [0.5, 0.6) is 5.75 Å². The number of nitrogens with one attached hydrogen (secondary N) is 1. The minimum Gasteiger partial charge on any atom is -0.502 e. The first-order chi connectivity index (χ1) is 8.88. The van der Waals surface area contributed by atoms with Crippen molar-refractivity contribution >= 4 is 17.5 Å². The lowest BCUT2D eigenvalue weighted by Crippen LogP contribution is -2.36. The Morgan fingerprint density at radius 2 is 2.11 bits per heavy atom. The fraction of sp³-hybridized carbons (Fsp3) is 0.273. The summed E-state index contributed by atoms with van der Waals surface area (Å²) in [5, 5.41) is 22.7. The van der Waals surface area contributed by atoms with E-state index in [2.05, 4.69) is 5.32 Å². The van der Waals surface area contributed by atoms with E-state index in [1.54, 1.807) is 0 Å². The standard InChI is InChI=1S/C11H13N3O5/c1-12-9(15)6-13(2)11(17)7-4-3-5-8(10(7)16)14(18)19/h3-5,16H,6H2,1-2H3,(H,12,15). The monoisotopic (exact) mass is 267 g/mol. The van der Waals surface area contributed by atoms with Gasteiger partial charge in [0.05, 0.1) is 17.0 Å². The smallest absolute Gasteiger partial charge is 0.311 e. The number of carbonyl (C=O) groups excluding carboxylic acids is 2. The second kappa shape index (κ2) is 5.80. The van der Waals surface area contributed by atoms with Gasteiger partial charge in [0.15, 0.2) is 0 Å². The Balaban J connectivity index is 3.03. The molecule has 0 aliphatic carbocycles. The molecular formula is C11H13N3O5. The Kier molecular flexibility index (Phi) is 4.41. The number of nitro benzene ring substituents is 1. The summed E-state index contributed by atoms with van der Waals surface area (Å²) < 4.78 is 0. The highest BCUT2D eigenvalue weighted by Gasteiger charge is 2.23. The number of phenolic OH excluding ortho intramolecular Hbond substituents is 1. The first-order valence-corrected chi connectivity index (χ1v) is 5.31. The van der Waals surface area contributed by atoms with Crippen LogP contribution >= 0.6 is 0 Å². The van der Waals surface area contributed by atoms with Gasteiger partial charge in [0.1, 0.15) is 0 Å². The first kappa shape index (κ1) is 14.4. The van der Waals surface area contributed by atoms with E-state index in [0.29, 0.717) is 0 Å². The summed E-state index contributed by atoms with van der Waals surface area (Å²) >= 11 is 0. The van der Waals surface area contributed by atoms with E-state index in [1.165, 1.54) is 26.2 Å². The van der Waals surface area contributed by atoms with Crippen molar-refractivity contribution < 1.29 is 19.6 Å². The Morgan fingerprint density at radius 3 is 2.63 bits per heavy atom. The quantitative estimate of drug-likeness (QED) is 0.594. The molecule has 0 aliphatic rings. The van der Waals surface area contributed by atoms with Gasteiger partial charge in [-0.05, 0) is 6.07 Å². The van der Waals surface area contributed by atoms with Crippen molar-refractivity contribution in [1.82, 2.24) is 10.2 Å². The minimum absolute atomic E-state index is 0.211. The topological polar surface area (TPSA) is 113 Å². The van der Waals surface area contributed by atoms with Crippen LogP contribution in [0.3, 0.4) is 0 Å². The molecule has 0 bridgehead atoms. The number of nitro groups is 1. The molecule has 0 unspecified atom stereocenters. The zero-order chi connectivity index (χ0) is 14.6. The number of hydrogen-bond donors (Lipinski definition) is 2. The summed E-state index contributed by atoms with van der Waals surface area (Å²) in [5.41, 5.74) is -0.778. The highest BCUT2D eigenvalue weighted by Crippen LogP contribution is 2.29. The van der Waals surface area contributed by atoms with Gasteiger partial charge < -0.3 is 15.3 Å². The van der Waals surface area contributed by atoms with E-state index in [4.69, 9.17) is 0 Å². The number of rotatable bonds is 4. The largest absolute Gasteiger partial charge is 0.502 e. The lowest BCUT2D eigenvalue weighted by molar-refractivity contribution is -0.385. The van der Waals surface area contributed by atoms with E-state index in [-0.39, 0.29) is 18.0 Å². The third kappa shape index (κ3) is 3.18. The number of hydrogen-bond acceptors (Lipinski definition) is 5. The maximum Gasteiger partial charge on any atom is 0.311 e. The molecule has 102 valence electrons. The molecule has 0 radical (unpaired) electrons. The SMILES string of the molecule is CNC(=O)CN(C)C(=O)c1cccc([N+](=O)[O-])c1O. The fourth-order valence-electron chi connectivity index (χ4n) is 1.42. The van der Waals surface area contributed by atoms with Gasteiger partial charge in [-0.2, -0.15) is 0 Å². The Bertz CT molecular complexity index is 529.